The number of carbonyl (C=O) groups excluding carboxylic acids is 1. The third-order valence-electron chi connectivity index (χ3n) is 5.80. The van der Waals surface area contributed by atoms with Crippen molar-refractivity contribution in [3.05, 3.63) is 59.2 Å². The smallest absolute Gasteiger partial charge is 0.241 e. The van der Waals surface area contributed by atoms with Gasteiger partial charge in [0.25, 0.3) is 0 Å². The van der Waals surface area contributed by atoms with Crippen molar-refractivity contribution in [1.29, 1.82) is 0 Å². The third-order valence-corrected chi connectivity index (χ3v) is 6.94. The number of fused-ring (bicyclic) bond motifs is 1. The highest BCUT2D eigenvalue weighted by Crippen LogP contribution is 2.26. The van der Waals surface area contributed by atoms with Gasteiger partial charge in [0, 0.05) is 0 Å². The molecule has 0 aliphatic heterocycles. The standard InChI is InChI=1S/C25H34N2O4S/c1-4-16-31-23-14-12-22(13-15-23)27(32(3,29)30)18-25(28)26-24(5-2)21-11-10-19-8-6-7-9-20(19)17-21/h10-15,17,24H,4-9,16,18H2,1-3H3,(H,26,28)/t24-/m0/s1. The van der Waals surface area contributed by atoms with Crippen molar-refractivity contribution in [2.45, 2.75) is 58.4 Å². The highest BCUT2D eigenvalue weighted by atomic mass is 32.2. The van der Waals surface area contributed by atoms with Crippen LogP contribution in [0.25, 0.3) is 0 Å². The highest BCUT2D eigenvalue weighted by molar-refractivity contribution is 7.92. The molecule has 0 bridgehead atoms. The number of hydrogen-bond donors (Lipinski definition) is 1. The lowest BCUT2D eigenvalue weighted by Crippen LogP contribution is -2.41. The van der Waals surface area contributed by atoms with E-state index in [2.05, 4.69) is 23.5 Å². The number of ether oxygens (including phenoxy) is 1. The maximum atomic E-state index is 12.9. The maximum Gasteiger partial charge on any atom is 0.241 e. The number of nitrogens with zero attached hydrogens (tertiary/aromatic N) is 1. The van der Waals surface area contributed by atoms with Crippen LogP contribution in [-0.4, -0.2) is 33.7 Å². The van der Waals surface area contributed by atoms with Gasteiger partial charge in [0.2, 0.25) is 15.9 Å². The molecule has 0 saturated carbocycles. The van der Waals surface area contributed by atoms with Gasteiger partial charge in [-0.25, -0.2) is 8.42 Å². The molecule has 174 valence electrons. The zero-order chi connectivity index (χ0) is 23.1. The van der Waals surface area contributed by atoms with Crippen molar-refractivity contribution in [2.24, 2.45) is 0 Å². The fraction of sp³-hybridized carbons (Fsp3) is 0.480. The number of rotatable bonds is 10. The Balaban J connectivity index is 1.72. The predicted molar refractivity (Wildman–Crippen MR) is 129 cm³/mol. The lowest BCUT2D eigenvalue weighted by Gasteiger charge is -2.25. The lowest BCUT2D eigenvalue weighted by molar-refractivity contribution is -0.120. The van der Waals surface area contributed by atoms with E-state index in [-0.39, 0.29) is 18.5 Å². The van der Waals surface area contributed by atoms with Gasteiger partial charge in [-0.3, -0.25) is 9.10 Å². The van der Waals surface area contributed by atoms with Crippen LogP contribution in [0.4, 0.5) is 5.69 Å². The fourth-order valence-electron chi connectivity index (χ4n) is 4.09. The van der Waals surface area contributed by atoms with Gasteiger partial charge in [0.05, 0.1) is 24.6 Å². The fourth-order valence-corrected chi connectivity index (χ4v) is 4.95. The van der Waals surface area contributed by atoms with E-state index < -0.39 is 10.0 Å². The van der Waals surface area contributed by atoms with Crippen LogP contribution in [0.3, 0.4) is 0 Å². The largest absolute Gasteiger partial charge is 0.494 e. The molecule has 1 aliphatic rings. The molecule has 6 nitrogen and oxygen atoms in total. The summed E-state index contributed by atoms with van der Waals surface area (Å²) < 4.78 is 31.5. The van der Waals surface area contributed by atoms with Gasteiger partial charge in [-0.1, -0.05) is 32.0 Å². The van der Waals surface area contributed by atoms with E-state index in [9.17, 15) is 13.2 Å². The van der Waals surface area contributed by atoms with Gasteiger partial charge in [-0.2, -0.15) is 0 Å². The Morgan fingerprint density at radius 3 is 2.38 bits per heavy atom. The summed E-state index contributed by atoms with van der Waals surface area (Å²) in [7, 11) is -3.63. The summed E-state index contributed by atoms with van der Waals surface area (Å²) in [4.78, 5) is 12.9. The monoisotopic (exact) mass is 458 g/mol. The van der Waals surface area contributed by atoms with Gasteiger partial charge in [-0.05, 0) is 79.5 Å². The molecule has 0 spiro atoms. The number of aryl methyl sites for hydroxylation is 2. The predicted octanol–water partition coefficient (Wildman–Crippen LogP) is 4.39. The van der Waals surface area contributed by atoms with Crippen LogP contribution >= 0.6 is 0 Å². The van der Waals surface area contributed by atoms with Crippen molar-refractivity contribution in [2.75, 3.05) is 23.7 Å². The van der Waals surface area contributed by atoms with Crippen molar-refractivity contribution >= 4 is 21.6 Å². The summed E-state index contributed by atoms with van der Waals surface area (Å²) in [5.74, 6) is 0.346. The molecule has 0 radical (unpaired) electrons. The van der Waals surface area contributed by atoms with E-state index >= 15 is 0 Å². The molecule has 0 saturated heterocycles. The van der Waals surface area contributed by atoms with Crippen LogP contribution < -0.4 is 14.4 Å². The quantitative estimate of drug-likeness (QED) is 0.573. The average molecular weight is 459 g/mol. The van der Waals surface area contributed by atoms with Gasteiger partial charge >= 0.3 is 0 Å². The van der Waals surface area contributed by atoms with E-state index in [1.54, 1.807) is 24.3 Å². The second kappa shape index (κ2) is 10.9. The second-order valence-corrected chi connectivity index (χ2v) is 10.3. The molecular weight excluding hydrogens is 424 g/mol. The number of amides is 1. The van der Waals surface area contributed by atoms with E-state index in [0.29, 0.717) is 18.0 Å². The van der Waals surface area contributed by atoms with E-state index in [1.165, 1.54) is 24.0 Å². The molecule has 1 amide bonds. The number of nitrogens with one attached hydrogen (secondary N) is 1. The van der Waals surface area contributed by atoms with Crippen LogP contribution in [-0.2, 0) is 27.7 Å². The average Bonchev–Trinajstić information content (AvgIpc) is 2.79. The zero-order valence-corrected chi connectivity index (χ0v) is 20.1. The molecule has 3 rings (SSSR count). The first-order chi connectivity index (χ1) is 15.3. The minimum absolute atomic E-state index is 0.152. The maximum absolute atomic E-state index is 12.9. The number of sulfonamides is 1. The van der Waals surface area contributed by atoms with Crippen LogP contribution in [0.2, 0.25) is 0 Å². The van der Waals surface area contributed by atoms with Crippen molar-refractivity contribution in [1.82, 2.24) is 5.32 Å². The minimum atomic E-state index is -3.63. The van der Waals surface area contributed by atoms with Crippen LogP contribution in [0, 0.1) is 0 Å². The molecule has 1 atom stereocenters. The lowest BCUT2D eigenvalue weighted by atomic mass is 9.89. The normalized spacial score (nSPS) is 14.3. The van der Waals surface area contributed by atoms with Crippen molar-refractivity contribution < 1.29 is 17.9 Å². The summed E-state index contributed by atoms with van der Waals surface area (Å²) in [5.41, 5.74) is 4.28. The summed E-state index contributed by atoms with van der Waals surface area (Å²) in [6.45, 7) is 4.37. The molecule has 0 heterocycles. The summed E-state index contributed by atoms with van der Waals surface area (Å²) in [6.07, 6.45) is 7.35. The first-order valence-electron chi connectivity index (χ1n) is 11.4. The molecule has 0 unspecified atom stereocenters. The van der Waals surface area contributed by atoms with Crippen molar-refractivity contribution in [3.63, 3.8) is 0 Å². The molecule has 2 aromatic rings. The Kier molecular flexibility index (Phi) is 8.18. The molecule has 1 aliphatic carbocycles. The Labute approximate surface area is 192 Å². The minimum Gasteiger partial charge on any atom is -0.494 e. The SMILES string of the molecule is CCCOc1ccc(N(CC(=O)N[C@@H](CC)c2ccc3c(c2)CCCC3)S(C)(=O)=O)cc1. The zero-order valence-electron chi connectivity index (χ0n) is 19.3. The van der Waals surface area contributed by atoms with Crippen LogP contribution in [0.5, 0.6) is 5.75 Å². The van der Waals surface area contributed by atoms with Crippen LogP contribution in [0.15, 0.2) is 42.5 Å². The summed E-state index contributed by atoms with van der Waals surface area (Å²) in [6, 6.07) is 13.1. The van der Waals surface area contributed by atoms with Gasteiger partial charge < -0.3 is 10.1 Å². The van der Waals surface area contributed by atoms with E-state index in [0.717, 1.165) is 41.8 Å². The second-order valence-electron chi connectivity index (χ2n) is 8.38. The highest BCUT2D eigenvalue weighted by Gasteiger charge is 2.23. The van der Waals surface area contributed by atoms with Gasteiger partial charge in [0.1, 0.15) is 12.3 Å². The molecule has 32 heavy (non-hydrogen) atoms. The third kappa shape index (κ3) is 6.25. The molecule has 2 aromatic carbocycles. The Morgan fingerprint density at radius 2 is 1.75 bits per heavy atom. The van der Waals surface area contributed by atoms with Crippen molar-refractivity contribution in [3.8, 4) is 5.75 Å². The summed E-state index contributed by atoms with van der Waals surface area (Å²) in [5, 5.41) is 3.03. The molecule has 0 aromatic heterocycles. The van der Waals surface area contributed by atoms with Gasteiger partial charge in [-0.15, -0.1) is 0 Å². The van der Waals surface area contributed by atoms with E-state index in [4.69, 9.17) is 4.74 Å². The first-order valence-corrected chi connectivity index (χ1v) is 13.3. The van der Waals surface area contributed by atoms with Gasteiger partial charge in [0.15, 0.2) is 0 Å². The Hall–Kier alpha value is -2.54. The Morgan fingerprint density at radius 1 is 1.06 bits per heavy atom. The molecule has 0 fully saturated rings. The van der Waals surface area contributed by atoms with Crippen LogP contribution in [0.1, 0.15) is 62.3 Å². The number of benzene rings is 2. The molecule has 7 heteroatoms. The Bertz CT molecular complexity index is 1020. The van der Waals surface area contributed by atoms with E-state index in [1.807, 2.05) is 13.8 Å². The summed E-state index contributed by atoms with van der Waals surface area (Å²) >= 11 is 0. The number of hydrogen-bond acceptors (Lipinski definition) is 4. The molecular formula is C25H34N2O4S. The molecule has 1 N–H and O–H groups in total. The topological polar surface area (TPSA) is 75.7 Å². The first kappa shape index (κ1) is 24.1. The number of anilines is 1. The number of carbonyl (C=O) groups is 1.